The number of nitrogens with zero attached hydrogens (tertiary/aromatic N) is 2. The number of carbonyl (C=O) groups is 3. The van der Waals surface area contributed by atoms with Gasteiger partial charge in [0.15, 0.2) is 5.78 Å². The van der Waals surface area contributed by atoms with Crippen LogP contribution in [0.25, 0.3) is 0 Å². The van der Waals surface area contributed by atoms with Gasteiger partial charge in [0, 0.05) is 13.1 Å². The van der Waals surface area contributed by atoms with E-state index in [1.165, 1.54) is 25.1 Å². The monoisotopic (exact) mass is 288 g/mol. The minimum absolute atomic E-state index is 0.00981. The van der Waals surface area contributed by atoms with E-state index >= 15 is 0 Å². The fourth-order valence-corrected chi connectivity index (χ4v) is 1.24. The molecule has 2 N–H and O–H groups in total. The number of hydrogen-bond acceptors (Lipinski definition) is 5. The zero-order valence-electron chi connectivity index (χ0n) is 11.1. The van der Waals surface area contributed by atoms with E-state index in [1.807, 2.05) is 0 Å². The average Bonchev–Trinajstić information content (AvgIpc) is 2.49. The van der Waals surface area contributed by atoms with Gasteiger partial charge in [0.2, 0.25) is 0 Å². The van der Waals surface area contributed by atoms with Gasteiger partial charge in [-0.15, -0.1) is 0 Å². The van der Waals surface area contributed by atoms with Crippen LogP contribution in [0.5, 0.6) is 0 Å². The lowest BCUT2D eigenvalue weighted by Gasteiger charge is -1.94. The molecule has 108 valence electrons. The lowest BCUT2D eigenvalue weighted by atomic mass is 10.3. The van der Waals surface area contributed by atoms with Crippen LogP contribution in [0, 0.1) is 0 Å². The van der Waals surface area contributed by atoms with Crippen molar-refractivity contribution in [2.24, 2.45) is 0 Å². The molecule has 0 saturated carbocycles. The quantitative estimate of drug-likeness (QED) is 0.826. The molecule has 0 unspecified atom stereocenters. The van der Waals surface area contributed by atoms with E-state index < -0.39 is 11.9 Å². The van der Waals surface area contributed by atoms with Gasteiger partial charge in [-0.1, -0.05) is 12.1 Å². The number of pyridine rings is 2. The van der Waals surface area contributed by atoms with Gasteiger partial charge in [0.1, 0.15) is 17.1 Å². The summed E-state index contributed by atoms with van der Waals surface area (Å²) >= 11 is 0. The van der Waals surface area contributed by atoms with Gasteiger partial charge in [-0.2, -0.15) is 0 Å². The molecule has 2 heterocycles. The molecule has 0 aliphatic heterocycles. The van der Waals surface area contributed by atoms with Crippen molar-refractivity contribution in [2.75, 3.05) is 0 Å². The zero-order valence-corrected chi connectivity index (χ0v) is 11.1. The highest BCUT2D eigenvalue weighted by molar-refractivity contribution is 5.92. The van der Waals surface area contributed by atoms with Crippen LogP contribution in [0.15, 0.2) is 42.6 Å². The van der Waals surface area contributed by atoms with Crippen LogP contribution in [0.3, 0.4) is 0 Å². The second-order valence-electron chi connectivity index (χ2n) is 3.79. The van der Waals surface area contributed by atoms with Crippen LogP contribution in [0.4, 0.5) is 0 Å². The Morgan fingerprint density at radius 1 is 0.857 bits per heavy atom. The van der Waals surface area contributed by atoms with Gasteiger partial charge in [-0.25, -0.2) is 14.6 Å². The Bertz CT molecular complexity index is 626. The minimum Gasteiger partial charge on any atom is -0.477 e. The Balaban J connectivity index is 0.000000219. The van der Waals surface area contributed by atoms with Crippen molar-refractivity contribution < 1.29 is 24.6 Å². The molecule has 2 rings (SSSR count). The first kappa shape index (κ1) is 16.0. The highest BCUT2D eigenvalue weighted by atomic mass is 16.4. The third kappa shape index (κ3) is 5.19. The third-order valence-corrected chi connectivity index (χ3v) is 2.21. The summed E-state index contributed by atoms with van der Waals surface area (Å²) in [5, 5.41) is 16.9. The van der Waals surface area contributed by atoms with Gasteiger partial charge < -0.3 is 10.2 Å². The third-order valence-electron chi connectivity index (χ3n) is 2.21. The van der Waals surface area contributed by atoms with Crippen LogP contribution in [0.2, 0.25) is 0 Å². The van der Waals surface area contributed by atoms with Crippen molar-refractivity contribution in [1.82, 2.24) is 9.97 Å². The molecule has 0 amide bonds. The summed E-state index contributed by atoms with van der Waals surface area (Å²) in [5.41, 5.74) is -0.0118. The molecule has 21 heavy (non-hydrogen) atoms. The van der Waals surface area contributed by atoms with E-state index in [0.29, 0.717) is 5.69 Å². The maximum absolute atomic E-state index is 10.6. The summed E-state index contributed by atoms with van der Waals surface area (Å²) in [6, 6.07) is 9.07. The first-order valence-corrected chi connectivity index (χ1v) is 5.77. The van der Waals surface area contributed by atoms with Crippen LogP contribution in [-0.2, 0) is 0 Å². The standard InChI is InChI=1S/C7H5NO4.C7H7NO/c9-6(10)4-2-1-3-5(8-4)7(11)12;1-6(9)7-4-2-3-5-8-7/h1-3H,(H,9,10)(H,11,12);2-5H,1H3. The van der Waals surface area contributed by atoms with Crippen LogP contribution in [-0.4, -0.2) is 37.9 Å². The summed E-state index contributed by atoms with van der Waals surface area (Å²) in [6.07, 6.45) is 1.61. The van der Waals surface area contributed by atoms with Crippen LogP contribution in [0.1, 0.15) is 38.4 Å². The van der Waals surface area contributed by atoms with E-state index in [4.69, 9.17) is 10.2 Å². The number of aromatic nitrogens is 2. The summed E-state index contributed by atoms with van der Waals surface area (Å²) in [7, 11) is 0. The molecule has 0 aromatic carbocycles. The highest BCUT2D eigenvalue weighted by Crippen LogP contribution is 1.98. The molecule has 0 saturated heterocycles. The van der Waals surface area contributed by atoms with E-state index in [1.54, 1.807) is 24.4 Å². The smallest absolute Gasteiger partial charge is 0.354 e. The first-order chi connectivity index (χ1) is 9.91. The fraction of sp³-hybridized carbons (Fsp3) is 0.0714. The Kier molecular flexibility index (Phi) is 5.69. The number of carboxylic acid groups (broad SMARTS) is 2. The van der Waals surface area contributed by atoms with Gasteiger partial charge in [-0.05, 0) is 24.3 Å². The Hall–Kier alpha value is -3.09. The molecule has 0 radical (unpaired) electrons. The number of ketones is 1. The van der Waals surface area contributed by atoms with Crippen molar-refractivity contribution in [3.05, 3.63) is 59.7 Å². The number of Topliss-reactive ketones (excluding diaryl/α,β-unsaturated/α-hetero) is 1. The lowest BCUT2D eigenvalue weighted by Crippen LogP contribution is -2.06. The zero-order chi connectivity index (χ0) is 15.8. The minimum atomic E-state index is -1.24. The van der Waals surface area contributed by atoms with E-state index in [9.17, 15) is 14.4 Å². The van der Waals surface area contributed by atoms with Crippen LogP contribution < -0.4 is 0 Å². The molecular formula is C14H12N2O5. The molecule has 0 spiro atoms. The Morgan fingerprint density at radius 2 is 1.38 bits per heavy atom. The first-order valence-electron chi connectivity index (χ1n) is 5.77. The fourth-order valence-electron chi connectivity index (χ4n) is 1.24. The second-order valence-corrected chi connectivity index (χ2v) is 3.79. The number of rotatable bonds is 3. The van der Waals surface area contributed by atoms with Gasteiger partial charge in [0.25, 0.3) is 0 Å². The Labute approximate surface area is 119 Å². The maximum atomic E-state index is 10.6. The maximum Gasteiger partial charge on any atom is 0.354 e. The van der Waals surface area contributed by atoms with Crippen LogP contribution >= 0.6 is 0 Å². The van der Waals surface area contributed by atoms with Gasteiger partial charge in [-0.3, -0.25) is 9.78 Å². The molecule has 0 aliphatic rings. The normalized spacial score (nSPS) is 9.19. The van der Waals surface area contributed by atoms with E-state index in [0.717, 1.165) is 0 Å². The predicted octanol–water partition coefficient (Wildman–Crippen LogP) is 1.76. The van der Waals surface area contributed by atoms with Gasteiger partial charge >= 0.3 is 11.9 Å². The van der Waals surface area contributed by atoms with Crippen molar-refractivity contribution in [3.63, 3.8) is 0 Å². The van der Waals surface area contributed by atoms with E-state index in [2.05, 4.69) is 9.97 Å². The van der Waals surface area contributed by atoms with Crippen molar-refractivity contribution in [3.8, 4) is 0 Å². The molecule has 2 aromatic rings. The summed E-state index contributed by atoms with van der Waals surface area (Å²) in [5.74, 6) is -2.47. The number of carbonyl (C=O) groups excluding carboxylic acids is 1. The highest BCUT2D eigenvalue weighted by Gasteiger charge is 2.08. The largest absolute Gasteiger partial charge is 0.477 e. The van der Waals surface area contributed by atoms with Crippen molar-refractivity contribution in [1.29, 1.82) is 0 Å². The number of carboxylic acids is 2. The SMILES string of the molecule is CC(=O)c1ccccn1.O=C(O)c1cccc(C(=O)O)n1. The molecule has 0 aliphatic carbocycles. The molecule has 7 nitrogen and oxygen atoms in total. The second kappa shape index (κ2) is 7.49. The molecular weight excluding hydrogens is 276 g/mol. The van der Waals surface area contributed by atoms with Crippen molar-refractivity contribution >= 4 is 17.7 Å². The topological polar surface area (TPSA) is 117 Å². The van der Waals surface area contributed by atoms with Crippen molar-refractivity contribution in [2.45, 2.75) is 6.92 Å². The Morgan fingerprint density at radius 3 is 1.71 bits per heavy atom. The summed E-state index contributed by atoms with van der Waals surface area (Å²) in [4.78, 5) is 38.4. The molecule has 0 atom stereocenters. The van der Waals surface area contributed by atoms with E-state index in [-0.39, 0.29) is 17.2 Å². The molecule has 7 heteroatoms. The summed E-state index contributed by atoms with van der Waals surface area (Å²) < 4.78 is 0. The average molecular weight is 288 g/mol. The lowest BCUT2D eigenvalue weighted by molar-refractivity contribution is 0.0684. The molecule has 0 bridgehead atoms. The van der Waals surface area contributed by atoms with Gasteiger partial charge in [0.05, 0.1) is 0 Å². The summed E-state index contributed by atoms with van der Waals surface area (Å²) in [6.45, 7) is 1.50. The predicted molar refractivity (Wildman–Crippen MR) is 72.4 cm³/mol. The molecule has 0 fully saturated rings. The number of hydrogen-bond donors (Lipinski definition) is 2. The number of aromatic carboxylic acids is 2. The molecule has 2 aromatic heterocycles.